The zero-order valence-electron chi connectivity index (χ0n) is 20.7. The van der Waals surface area contributed by atoms with Crippen molar-refractivity contribution >= 4 is 23.0 Å². The second-order valence-electron chi connectivity index (χ2n) is 9.15. The predicted octanol–water partition coefficient (Wildman–Crippen LogP) is 6.87. The smallest absolute Gasteiger partial charge is 0.340 e. The molecule has 2 aliphatic rings. The number of carbonyl (C=O) groups excluding carboxylic acids is 1. The summed E-state index contributed by atoms with van der Waals surface area (Å²) in [7, 11) is 2.03. The van der Waals surface area contributed by atoms with Crippen LogP contribution in [0.1, 0.15) is 40.9 Å². The average Bonchev–Trinajstić information content (AvgIpc) is 3.22. The Labute approximate surface area is 211 Å². The average molecular weight is 477 g/mol. The van der Waals surface area contributed by atoms with E-state index in [4.69, 9.17) is 9.47 Å². The lowest BCUT2D eigenvalue weighted by molar-refractivity contribution is 0.0224. The Balaban J connectivity index is 1.56. The summed E-state index contributed by atoms with van der Waals surface area (Å²) < 4.78 is 12.9. The van der Waals surface area contributed by atoms with E-state index in [0.717, 1.165) is 46.8 Å². The molecule has 36 heavy (non-hydrogen) atoms. The Morgan fingerprint density at radius 3 is 2.00 bits per heavy atom. The van der Waals surface area contributed by atoms with Crippen LogP contribution in [0.25, 0.3) is 0 Å². The van der Waals surface area contributed by atoms with Crippen molar-refractivity contribution in [2.75, 3.05) is 29.9 Å². The van der Waals surface area contributed by atoms with Gasteiger partial charge in [0.25, 0.3) is 0 Å². The minimum atomic E-state index is -1.05. The highest BCUT2D eigenvalue weighted by Crippen LogP contribution is 2.57. The molecule has 0 amide bonds. The third-order valence-corrected chi connectivity index (χ3v) is 7.34. The van der Waals surface area contributed by atoms with Gasteiger partial charge >= 0.3 is 5.97 Å². The highest BCUT2D eigenvalue weighted by molar-refractivity contribution is 5.97. The molecule has 5 nitrogen and oxygen atoms in total. The Hall–Kier alpha value is -4.25. The lowest BCUT2D eigenvalue weighted by Crippen LogP contribution is -2.33. The molecule has 0 bridgehead atoms. The summed E-state index contributed by atoms with van der Waals surface area (Å²) in [5.41, 5.74) is 5.19. The van der Waals surface area contributed by atoms with Crippen LogP contribution in [0.15, 0.2) is 91.0 Å². The number of anilines is 3. The van der Waals surface area contributed by atoms with Gasteiger partial charge in [-0.05, 0) is 56.3 Å². The number of ether oxygens (including phenoxy) is 2. The van der Waals surface area contributed by atoms with Gasteiger partial charge in [0, 0.05) is 66.0 Å². The number of hydrogen-bond acceptors (Lipinski definition) is 5. The number of para-hydroxylation sites is 1. The fourth-order valence-electron chi connectivity index (χ4n) is 5.45. The molecule has 0 fully saturated rings. The normalized spacial score (nSPS) is 17.0. The van der Waals surface area contributed by atoms with E-state index in [9.17, 15) is 4.79 Å². The third-order valence-electron chi connectivity index (χ3n) is 7.34. The third kappa shape index (κ3) is 3.19. The molecular weight excluding hydrogens is 448 g/mol. The Kier molecular flexibility index (Phi) is 5.22. The second kappa shape index (κ2) is 8.45. The predicted molar refractivity (Wildman–Crippen MR) is 143 cm³/mol. The van der Waals surface area contributed by atoms with E-state index in [1.54, 1.807) is 0 Å². The Morgan fingerprint density at radius 2 is 1.31 bits per heavy atom. The monoisotopic (exact) mass is 476 g/mol. The van der Waals surface area contributed by atoms with Gasteiger partial charge in [0.05, 0.1) is 5.56 Å². The van der Waals surface area contributed by atoms with Crippen LogP contribution in [0.3, 0.4) is 0 Å². The van der Waals surface area contributed by atoms with Gasteiger partial charge in [0.2, 0.25) is 0 Å². The van der Waals surface area contributed by atoms with E-state index in [0.29, 0.717) is 17.1 Å². The van der Waals surface area contributed by atoms with Crippen LogP contribution >= 0.6 is 0 Å². The van der Waals surface area contributed by atoms with Crippen LogP contribution < -0.4 is 14.5 Å². The fourth-order valence-corrected chi connectivity index (χ4v) is 5.45. The molecule has 180 valence electrons. The van der Waals surface area contributed by atoms with Gasteiger partial charge in [0.15, 0.2) is 5.60 Å². The van der Waals surface area contributed by atoms with E-state index in [-0.39, 0.29) is 5.97 Å². The van der Waals surface area contributed by atoms with Crippen LogP contribution in [0.2, 0.25) is 0 Å². The lowest BCUT2D eigenvalue weighted by atomic mass is 9.77. The molecule has 4 aromatic carbocycles. The van der Waals surface area contributed by atoms with Crippen LogP contribution in [0.5, 0.6) is 11.5 Å². The summed E-state index contributed by atoms with van der Waals surface area (Å²) in [6.07, 6.45) is 0. The van der Waals surface area contributed by atoms with Crippen LogP contribution in [0, 0.1) is 0 Å². The van der Waals surface area contributed by atoms with Gasteiger partial charge in [0.1, 0.15) is 11.5 Å². The van der Waals surface area contributed by atoms with Crippen LogP contribution in [0.4, 0.5) is 17.1 Å². The van der Waals surface area contributed by atoms with E-state index < -0.39 is 5.60 Å². The highest BCUT2D eigenvalue weighted by atomic mass is 16.6. The minimum absolute atomic E-state index is 0.317. The number of hydrogen-bond donors (Lipinski definition) is 0. The van der Waals surface area contributed by atoms with Gasteiger partial charge in [-0.15, -0.1) is 0 Å². The van der Waals surface area contributed by atoms with Gasteiger partial charge < -0.3 is 19.3 Å². The van der Waals surface area contributed by atoms with Crippen molar-refractivity contribution in [3.8, 4) is 11.5 Å². The van der Waals surface area contributed by atoms with Gasteiger partial charge in [-0.1, -0.05) is 36.4 Å². The number of rotatable bonds is 5. The molecule has 1 spiro atoms. The molecule has 0 saturated heterocycles. The first-order valence-electron chi connectivity index (χ1n) is 12.4. The number of nitrogens with zero attached hydrogens (tertiary/aromatic N) is 2. The maximum Gasteiger partial charge on any atom is 0.340 e. The molecule has 2 aliphatic heterocycles. The number of benzene rings is 4. The highest BCUT2D eigenvalue weighted by Gasteiger charge is 2.53. The standard InChI is InChI=1S/C31H28N2O3/c1-4-33(5-2)23-16-18-27-29(20-23)35-28-19-22(32(3)21-11-7-6-8-12-21)15-17-26(28)31(27)25-14-10-9-13-24(25)30(34)36-31/h6-20H,4-5H2,1-3H3. The molecule has 0 radical (unpaired) electrons. The zero-order valence-corrected chi connectivity index (χ0v) is 20.7. The van der Waals surface area contributed by atoms with Crippen molar-refractivity contribution < 1.29 is 14.3 Å². The summed E-state index contributed by atoms with van der Waals surface area (Å²) in [5.74, 6) is 1.07. The summed E-state index contributed by atoms with van der Waals surface area (Å²) in [5, 5.41) is 0. The van der Waals surface area contributed by atoms with Gasteiger partial charge in [-0.25, -0.2) is 4.79 Å². The topological polar surface area (TPSA) is 42.0 Å². The molecule has 2 heterocycles. The maximum absolute atomic E-state index is 13.1. The molecule has 1 unspecified atom stereocenters. The molecule has 0 saturated carbocycles. The van der Waals surface area contributed by atoms with Gasteiger partial charge in [-0.2, -0.15) is 0 Å². The van der Waals surface area contributed by atoms with E-state index in [2.05, 4.69) is 54.0 Å². The van der Waals surface area contributed by atoms with E-state index >= 15 is 0 Å². The molecule has 0 aliphatic carbocycles. The molecular formula is C31H28N2O3. The SMILES string of the molecule is CCN(CC)c1ccc2c(c1)Oc1cc(N(C)c3ccccc3)ccc1C21OC(=O)c2ccccc21. The van der Waals surface area contributed by atoms with Gasteiger partial charge in [-0.3, -0.25) is 0 Å². The quantitative estimate of drug-likeness (QED) is 0.294. The fraction of sp³-hybridized carbons (Fsp3) is 0.194. The van der Waals surface area contributed by atoms with Crippen molar-refractivity contribution in [1.82, 2.24) is 0 Å². The summed E-state index contributed by atoms with van der Waals surface area (Å²) >= 11 is 0. The van der Waals surface area contributed by atoms with E-state index in [1.807, 2.05) is 67.7 Å². The molecule has 1 atom stereocenters. The maximum atomic E-state index is 13.1. The Morgan fingerprint density at radius 1 is 0.694 bits per heavy atom. The zero-order chi connectivity index (χ0) is 24.9. The summed E-state index contributed by atoms with van der Waals surface area (Å²) in [6.45, 7) is 6.06. The van der Waals surface area contributed by atoms with E-state index in [1.165, 1.54) is 0 Å². The van der Waals surface area contributed by atoms with Crippen molar-refractivity contribution in [3.05, 3.63) is 113 Å². The van der Waals surface area contributed by atoms with Crippen molar-refractivity contribution in [2.45, 2.75) is 19.4 Å². The van der Waals surface area contributed by atoms with Crippen molar-refractivity contribution in [1.29, 1.82) is 0 Å². The molecule has 5 heteroatoms. The molecule has 6 rings (SSSR count). The largest absolute Gasteiger partial charge is 0.456 e. The molecule has 0 aromatic heterocycles. The first-order valence-corrected chi connectivity index (χ1v) is 12.4. The number of esters is 1. The number of fused-ring (bicyclic) bond motifs is 6. The first-order chi connectivity index (χ1) is 17.6. The lowest BCUT2D eigenvalue weighted by Gasteiger charge is -2.37. The van der Waals surface area contributed by atoms with Crippen molar-refractivity contribution in [3.63, 3.8) is 0 Å². The number of carbonyl (C=O) groups is 1. The Bertz CT molecular complexity index is 1460. The van der Waals surface area contributed by atoms with Crippen LogP contribution in [-0.2, 0) is 10.3 Å². The first kappa shape index (κ1) is 22.2. The summed E-state index contributed by atoms with van der Waals surface area (Å²) in [4.78, 5) is 17.5. The second-order valence-corrected chi connectivity index (χ2v) is 9.15. The summed E-state index contributed by atoms with van der Waals surface area (Å²) in [6, 6.07) is 30.2. The minimum Gasteiger partial charge on any atom is -0.456 e. The van der Waals surface area contributed by atoms with Crippen LogP contribution in [-0.4, -0.2) is 26.1 Å². The molecule has 4 aromatic rings. The van der Waals surface area contributed by atoms with Crippen molar-refractivity contribution in [2.24, 2.45) is 0 Å². The molecule has 0 N–H and O–H groups in total.